The average molecular weight is 377 g/mol. The molecule has 140 valence electrons. The van der Waals surface area contributed by atoms with Crippen LogP contribution in [-0.4, -0.2) is 49.3 Å². The number of urea groups is 1. The van der Waals surface area contributed by atoms with Crippen LogP contribution in [0.5, 0.6) is 0 Å². The zero-order valence-electron chi connectivity index (χ0n) is 14.8. The lowest BCUT2D eigenvalue weighted by atomic mass is 10.0. The first-order valence-electron chi connectivity index (χ1n) is 8.54. The third-order valence-corrected chi connectivity index (χ3v) is 5.25. The summed E-state index contributed by atoms with van der Waals surface area (Å²) in [5, 5.41) is 6.29. The van der Waals surface area contributed by atoms with Crippen molar-refractivity contribution in [1.82, 2.24) is 10.3 Å². The van der Waals surface area contributed by atoms with Gasteiger partial charge in [-0.2, -0.15) is 0 Å². The van der Waals surface area contributed by atoms with E-state index in [1.54, 1.807) is 11.3 Å². The van der Waals surface area contributed by atoms with Gasteiger partial charge in [0.25, 0.3) is 0 Å². The van der Waals surface area contributed by atoms with Gasteiger partial charge in [0, 0.05) is 18.8 Å². The molecule has 26 heavy (non-hydrogen) atoms. The molecule has 1 aliphatic heterocycles. The summed E-state index contributed by atoms with van der Waals surface area (Å²) in [7, 11) is 0. The van der Waals surface area contributed by atoms with E-state index in [-0.39, 0.29) is 11.8 Å². The number of hydrogen-bond donors (Lipinski definition) is 3. The average Bonchev–Trinajstić information content (AvgIpc) is 3.03. The van der Waals surface area contributed by atoms with Crippen LogP contribution >= 0.6 is 11.3 Å². The summed E-state index contributed by atoms with van der Waals surface area (Å²) < 4.78 is 6.37. The van der Waals surface area contributed by atoms with E-state index < -0.39 is 12.1 Å². The number of morpholine rings is 1. The Morgan fingerprint density at radius 1 is 1.31 bits per heavy atom. The van der Waals surface area contributed by atoms with Gasteiger partial charge in [0.05, 0.1) is 23.4 Å². The molecule has 4 N–H and O–H groups in total. The summed E-state index contributed by atoms with van der Waals surface area (Å²) >= 11 is 1.59. The molecular weight excluding hydrogens is 354 g/mol. The Kier molecular flexibility index (Phi) is 5.58. The highest BCUT2D eigenvalue weighted by Crippen LogP contribution is 2.31. The van der Waals surface area contributed by atoms with Crippen molar-refractivity contribution in [3.63, 3.8) is 0 Å². The summed E-state index contributed by atoms with van der Waals surface area (Å²) in [6.45, 7) is 6.78. The lowest BCUT2D eigenvalue weighted by molar-refractivity contribution is -0.118. The lowest BCUT2D eigenvalue weighted by Crippen LogP contribution is -2.49. The van der Waals surface area contributed by atoms with Crippen LogP contribution in [0.25, 0.3) is 10.2 Å². The predicted octanol–water partition coefficient (Wildman–Crippen LogP) is 1.76. The quantitative estimate of drug-likeness (QED) is 0.736. The summed E-state index contributed by atoms with van der Waals surface area (Å²) in [6.07, 6.45) is 0. The molecule has 0 bridgehead atoms. The van der Waals surface area contributed by atoms with Crippen molar-refractivity contribution in [3.8, 4) is 0 Å². The Balaban J connectivity index is 1.75. The van der Waals surface area contributed by atoms with Crippen LogP contribution in [0.15, 0.2) is 18.2 Å². The van der Waals surface area contributed by atoms with E-state index in [2.05, 4.69) is 20.5 Å². The van der Waals surface area contributed by atoms with Crippen LogP contribution < -0.4 is 21.3 Å². The number of rotatable bonds is 5. The number of anilines is 2. The molecule has 1 aliphatic rings. The fourth-order valence-corrected chi connectivity index (χ4v) is 3.84. The maximum atomic E-state index is 12.5. The normalized spacial score (nSPS) is 15.9. The van der Waals surface area contributed by atoms with Crippen molar-refractivity contribution in [2.75, 3.05) is 36.5 Å². The van der Waals surface area contributed by atoms with Crippen molar-refractivity contribution in [1.29, 1.82) is 0 Å². The van der Waals surface area contributed by atoms with E-state index in [0.29, 0.717) is 18.9 Å². The fourth-order valence-electron chi connectivity index (χ4n) is 2.79. The maximum absolute atomic E-state index is 12.5. The lowest BCUT2D eigenvalue weighted by Gasteiger charge is -2.25. The minimum Gasteiger partial charge on any atom is -0.378 e. The number of hydrogen-bond acceptors (Lipinski definition) is 6. The van der Waals surface area contributed by atoms with E-state index in [4.69, 9.17) is 10.5 Å². The fraction of sp³-hybridized carbons (Fsp3) is 0.471. The number of primary amides is 1. The molecule has 1 saturated heterocycles. The van der Waals surface area contributed by atoms with E-state index >= 15 is 0 Å². The predicted molar refractivity (Wildman–Crippen MR) is 103 cm³/mol. The van der Waals surface area contributed by atoms with Crippen molar-refractivity contribution < 1.29 is 14.3 Å². The Morgan fingerprint density at radius 3 is 2.69 bits per heavy atom. The molecule has 2 aromatic rings. The number of thiazole rings is 1. The molecule has 0 spiro atoms. The van der Waals surface area contributed by atoms with E-state index in [0.717, 1.165) is 28.4 Å². The minimum atomic E-state index is -0.716. The summed E-state index contributed by atoms with van der Waals surface area (Å²) in [5.74, 6) is -0.376. The first-order valence-corrected chi connectivity index (χ1v) is 9.36. The maximum Gasteiger partial charge on any atom is 0.312 e. The molecule has 1 aromatic heterocycles. The van der Waals surface area contributed by atoms with Crippen LogP contribution in [0.3, 0.4) is 0 Å². The molecule has 2 heterocycles. The van der Waals surface area contributed by atoms with Crippen LogP contribution in [0.2, 0.25) is 0 Å². The van der Waals surface area contributed by atoms with Crippen LogP contribution in [0, 0.1) is 5.92 Å². The van der Waals surface area contributed by atoms with Gasteiger partial charge in [-0.25, -0.2) is 9.78 Å². The smallest absolute Gasteiger partial charge is 0.312 e. The highest BCUT2D eigenvalue weighted by molar-refractivity contribution is 7.22. The summed E-state index contributed by atoms with van der Waals surface area (Å²) in [4.78, 5) is 30.4. The zero-order chi connectivity index (χ0) is 18.7. The molecule has 3 rings (SSSR count). The third kappa shape index (κ3) is 4.23. The van der Waals surface area contributed by atoms with Crippen molar-refractivity contribution in [2.45, 2.75) is 19.9 Å². The topological polar surface area (TPSA) is 110 Å². The molecule has 1 aromatic carbocycles. The number of nitrogens with two attached hydrogens (primary N) is 1. The number of nitrogens with zero attached hydrogens (tertiary/aromatic N) is 2. The van der Waals surface area contributed by atoms with Gasteiger partial charge in [-0.15, -0.1) is 0 Å². The second kappa shape index (κ2) is 7.88. The molecule has 0 radical (unpaired) electrons. The van der Waals surface area contributed by atoms with Gasteiger partial charge in [-0.1, -0.05) is 25.2 Å². The Bertz CT molecular complexity index is 801. The third-order valence-electron chi connectivity index (χ3n) is 4.17. The van der Waals surface area contributed by atoms with Gasteiger partial charge in [-0.3, -0.25) is 4.79 Å². The standard InChI is InChI=1S/C17H23N5O3S/c1-10(2)14(21-16(18)24)15(23)19-11-3-4-12-13(9-11)26-17(20-12)22-5-7-25-8-6-22/h3-4,9-10,14H,5-8H2,1-2H3,(H,19,23)(H3,18,21,24)/t14-/m1/s1. The molecule has 0 saturated carbocycles. The van der Waals surface area contributed by atoms with Crippen molar-refractivity contribution >= 4 is 44.3 Å². The van der Waals surface area contributed by atoms with Crippen LogP contribution in [0.1, 0.15) is 13.8 Å². The monoisotopic (exact) mass is 377 g/mol. The minimum absolute atomic E-state index is 0.0810. The van der Waals surface area contributed by atoms with Crippen molar-refractivity contribution in [3.05, 3.63) is 18.2 Å². The second-order valence-electron chi connectivity index (χ2n) is 6.50. The molecule has 9 heteroatoms. The summed E-state index contributed by atoms with van der Waals surface area (Å²) in [6, 6.07) is 4.19. The number of carbonyl (C=O) groups is 2. The van der Waals surface area contributed by atoms with Crippen LogP contribution in [-0.2, 0) is 9.53 Å². The molecular formula is C17H23N5O3S. The summed E-state index contributed by atoms with van der Waals surface area (Å²) in [5.41, 5.74) is 6.72. The largest absolute Gasteiger partial charge is 0.378 e. The second-order valence-corrected chi connectivity index (χ2v) is 7.51. The van der Waals surface area contributed by atoms with Gasteiger partial charge in [0.15, 0.2) is 5.13 Å². The van der Waals surface area contributed by atoms with Gasteiger partial charge < -0.3 is 26.0 Å². The number of carbonyl (C=O) groups excluding carboxylic acids is 2. The van der Waals surface area contributed by atoms with Crippen LogP contribution in [0.4, 0.5) is 15.6 Å². The van der Waals surface area contributed by atoms with Gasteiger partial charge in [0.1, 0.15) is 6.04 Å². The van der Waals surface area contributed by atoms with Crippen molar-refractivity contribution in [2.24, 2.45) is 11.7 Å². The van der Waals surface area contributed by atoms with Gasteiger partial charge >= 0.3 is 6.03 Å². The molecule has 1 fully saturated rings. The number of amides is 3. The zero-order valence-corrected chi connectivity index (χ0v) is 15.6. The first-order chi connectivity index (χ1) is 12.4. The molecule has 1 atom stereocenters. The van der Waals surface area contributed by atoms with E-state index in [1.807, 2.05) is 32.0 Å². The van der Waals surface area contributed by atoms with Gasteiger partial charge in [-0.05, 0) is 24.1 Å². The highest BCUT2D eigenvalue weighted by Gasteiger charge is 2.23. The highest BCUT2D eigenvalue weighted by atomic mass is 32.1. The number of nitrogens with one attached hydrogen (secondary N) is 2. The Morgan fingerprint density at radius 2 is 2.04 bits per heavy atom. The number of fused-ring (bicyclic) bond motifs is 1. The molecule has 3 amide bonds. The SMILES string of the molecule is CC(C)[C@@H](NC(N)=O)C(=O)Nc1ccc2nc(N3CCOCC3)sc2c1. The number of aromatic nitrogens is 1. The molecule has 0 unspecified atom stereocenters. The first kappa shape index (κ1) is 18.4. The van der Waals surface area contributed by atoms with Gasteiger partial charge in [0.2, 0.25) is 5.91 Å². The Hall–Kier alpha value is -2.39. The molecule has 8 nitrogen and oxygen atoms in total. The van der Waals surface area contributed by atoms with E-state index in [1.165, 1.54) is 0 Å². The molecule has 0 aliphatic carbocycles. The number of benzene rings is 1. The van der Waals surface area contributed by atoms with E-state index in [9.17, 15) is 9.59 Å². The Labute approximate surface area is 155 Å². The number of ether oxygens (including phenoxy) is 1.